The molecule has 0 aliphatic rings. The molecular weight excluding hydrogens is 391 g/mol. The van der Waals surface area contributed by atoms with Crippen molar-refractivity contribution in [1.29, 1.82) is 0 Å². The number of aryl methyl sites for hydroxylation is 1. The molecule has 0 saturated carbocycles. The van der Waals surface area contributed by atoms with Gasteiger partial charge < -0.3 is 15.2 Å². The van der Waals surface area contributed by atoms with Crippen molar-refractivity contribution in [2.24, 2.45) is 4.99 Å². The quantitative estimate of drug-likeness (QED) is 0.432. The van der Waals surface area contributed by atoms with Gasteiger partial charge in [-0.1, -0.05) is 30.3 Å². The second-order valence-corrected chi connectivity index (χ2v) is 4.57. The number of hydrogen-bond donors (Lipinski definition) is 2. The van der Waals surface area contributed by atoms with Crippen LogP contribution in [0.5, 0.6) is 0 Å². The first-order chi connectivity index (χ1) is 10.3. The van der Waals surface area contributed by atoms with Crippen molar-refractivity contribution in [3.8, 4) is 0 Å². The Morgan fingerprint density at radius 1 is 1.18 bits per heavy atom. The van der Waals surface area contributed by atoms with E-state index >= 15 is 0 Å². The number of guanidine groups is 1. The molecule has 0 spiro atoms. The monoisotopic (exact) mass is 414 g/mol. The fourth-order valence-electron chi connectivity index (χ4n) is 1.94. The van der Waals surface area contributed by atoms with Gasteiger partial charge in [0.1, 0.15) is 6.33 Å². The third-order valence-electron chi connectivity index (χ3n) is 3.06. The maximum atomic E-state index is 4.58. The molecule has 120 valence electrons. The summed E-state index contributed by atoms with van der Waals surface area (Å²) in [6, 6.07) is 10.2. The third-order valence-corrected chi connectivity index (χ3v) is 3.06. The molecule has 1 heterocycles. The smallest absolute Gasteiger partial charge is 0.191 e. The molecule has 0 aliphatic carbocycles. The van der Waals surface area contributed by atoms with Gasteiger partial charge in [-0.2, -0.15) is 0 Å². The Labute approximate surface area is 148 Å². The van der Waals surface area contributed by atoms with E-state index in [-0.39, 0.29) is 24.0 Å². The van der Waals surface area contributed by atoms with Crippen LogP contribution in [0.2, 0.25) is 0 Å². The summed E-state index contributed by atoms with van der Waals surface area (Å²) in [7, 11) is 0. The fourth-order valence-corrected chi connectivity index (χ4v) is 1.94. The van der Waals surface area contributed by atoms with E-state index in [0.717, 1.165) is 24.9 Å². The van der Waals surface area contributed by atoms with Gasteiger partial charge in [0.05, 0.1) is 13.1 Å². The maximum Gasteiger partial charge on any atom is 0.191 e. The zero-order chi connectivity index (χ0) is 14.9. The van der Waals surface area contributed by atoms with Crippen molar-refractivity contribution in [3.05, 3.63) is 48.0 Å². The Balaban J connectivity index is 0.00000242. The summed E-state index contributed by atoms with van der Waals surface area (Å²) in [5, 5.41) is 14.5. The summed E-state index contributed by atoms with van der Waals surface area (Å²) < 4.78 is 2.01. The lowest BCUT2D eigenvalue weighted by Gasteiger charge is -2.11. The molecule has 0 unspecified atom stereocenters. The molecule has 0 fully saturated rings. The Morgan fingerprint density at radius 2 is 1.95 bits per heavy atom. The molecule has 0 atom stereocenters. The number of benzene rings is 1. The van der Waals surface area contributed by atoms with Crippen LogP contribution in [0.3, 0.4) is 0 Å². The molecule has 2 aromatic rings. The average Bonchev–Trinajstić information content (AvgIpc) is 2.98. The number of nitrogens with zero attached hydrogens (tertiary/aromatic N) is 4. The van der Waals surface area contributed by atoms with Crippen molar-refractivity contribution in [3.63, 3.8) is 0 Å². The molecule has 0 amide bonds. The first kappa shape index (κ1) is 18.4. The zero-order valence-corrected chi connectivity index (χ0v) is 15.3. The summed E-state index contributed by atoms with van der Waals surface area (Å²) in [5.41, 5.74) is 1.19. The molecule has 7 heteroatoms. The van der Waals surface area contributed by atoms with E-state index in [2.05, 4.69) is 44.9 Å². The van der Waals surface area contributed by atoms with Crippen molar-refractivity contribution in [2.45, 2.75) is 33.5 Å². The van der Waals surface area contributed by atoms with E-state index in [4.69, 9.17) is 0 Å². The van der Waals surface area contributed by atoms with Crippen LogP contribution >= 0.6 is 24.0 Å². The van der Waals surface area contributed by atoms with Crippen molar-refractivity contribution < 1.29 is 0 Å². The molecule has 2 rings (SSSR count). The predicted octanol–water partition coefficient (Wildman–Crippen LogP) is 2.17. The molecule has 0 aliphatic heterocycles. The Bertz CT molecular complexity index is 566. The second kappa shape index (κ2) is 10.1. The molecular formula is C15H23IN6. The van der Waals surface area contributed by atoms with Crippen molar-refractivity contribution in [1.82, 2.24) is 25.4 Å². The molecule has 22 heavy (non-hydrogen) atoms. The van der Waals surface area contributed by atoms with Crippen LogP contribution in [0.4, 0.5) is 0 Å². The third kappa shape index (κ3) is 5.63. The van der Waals surface area contributed by atoms with E-state index in [9.17, 15) is 0 Å². The van der Waals surface area contributed by atoms with Crippen LogP contribution in [-0.4, -0.2) is 27.3 Å². The van der Waals surface area contributed by atoms with Gasteiger partial charge in [0.15, 0.2) is 11.8 Å². The number of aromatic nitrogens is 3. The maximum absolute atomic E-state index is 4.58. The number of hydrogen-bond acceptors (Lipinski definition) is 3. The number of aliphatic imine (C=N–C) groups is 1. The number of rotatable bonds is 6. The lowest BCUT2D eigenvalue weighted by molar-refractivity contribution is 0.670. The molecule has 0 bridgehead atoms. The highest BCUT2D eigenvalue weighted by Gasteiger charge is 2.04. The highest BCUT2D eigenvalue weighted by molar-refractivity contribution is 14.0. The molecule has 2 N–H and O–H groups in total. The van der Waals surface area contributed by atoms with Gasteiger partial charge in [0, 0.05) is 13.1 Å². The van der Waals surface area contributed by atoms with Crippen LogP contribution in [0.15, 0.2) is 41.7 Å². The topological polar surface area (TPSA) is 67.1 Å². The van der Waals surface area contributed by atoms with Crippen LogP contribution < -0.4 is 10.6 Å². The first-order valence-electron chi connectivity index (χ1n) is 7.26. The lowest BCUT2D eigenvalue weighted by Crippen LogP contribution is -2.37. The molecule has 6 nitrogen and oxygen atoms in total. The van der Waals surface area contributed by atoms with Crippen LogP contribution in [0.1, 0.15) is 25.2 Å². The Morgan fingerprint density at radius 3 is 2.64 bits per heavy atom. The van der Waals surface area contributed by atoms with Gasteiger partial charge in [-0.05, 0) is 19.4 Å². The molecule has 0 radical (unpaired) electrons. The number of halogens is 1. The van der Waals surface area contributed by atoms with E-state index in [0.29, 0.717) is 13.1 Å². The van der Waals surface area contributed by atoms with E-state index in [1.165, 1.54) is 5.56 Å². The molecule has 0 saturated heterocycles. The van der Waals surface area contributed by atoms with Gasteiger partial charge in [-0.25, -0.2) is 4.99 Å². The minimum absolute atomic E-state index is 0. The summed E-state index contributed by atoms with van der Waals surface area (Å²) in [4.78, 5) is 4.58. The van der Waals surface area contributed by atoms with Crippen LogP contribution in [0, 0.1) is 0 Å². The Hall–Kier alpha value is -1.64. The normalized spacial score (nSPS) is 10.9. The first-order valence-corrected chi connectivity index (χ1v) is 7.26. The highest BCUT2D eigenvalue weighted by atomic mass is 127. The van der Waals surface area contributed by atoms with Crippen molar-refractivity contribution >= 4 is 29.9 Å². The Kier molecular flexibility index (Phi) is 8.49. The molecule has 1 aromatic heterocycles. The largest absolute Gasteiger partial charge is 0.357 e. The van der Waals surface area contributed by atoms with Gasteiger partial charge >= 0.3 is 0 Å². The summed E-state index contributed by atoms with van der Waals surface area (Å²) in [5.74, 6) is 1.69. The second-order valence-electron chi connectivity index (χ2n) is 4.57. The fraction of sp³-hybridized carbons (Fsp3) is 0.400. The SMILES string of the molecule is CCNC(=NCc1ccccc1)NCc1nncn1CC.I. The predicted molar refractivity (Wildman–Crippen MR) is 99.2 cm³/mol. The average molecular weight is 414 g/mol. The van der Waals surface area contributed by atoms with Gasteiger partial charge in [-0.3, -0.25) is 0 Å². The lowest BCUT2D eigenvalue weighted by atomic mass is 10.2. The minimum atomic E-state index is 0. The summed E-state index contributed by atoms with van der Waals surface area (Å²) >= 11 is 0. The van der Waals surface area contributed by atoms with E-state index in [1.807, 2.05) is 29.7 Å². The van der Waals surface area contributed by atoms with E-state index < -0.39 is 0 Å². The molecule has 1 aromatic carbocycles. The van der Waals surface area contributed by atoms with Crippen molar-refractivity contribution in [2.75, 3.05) is 6.54 Å². The van der Waals surface area contributed by atoms with Gasteiger partial charge in [0.2, 0.25) is 0 Å². The highest BCUT2D eigenvalue weighted by Crippen LogP contribution is 2.00. The number of nitrogens with one attached hydrogen (secondary N) is 2. The van der Waals surface area contributed by atoms with Gasteiger partial charge in [-0.15, -0.1) is 34.2 Å². The van der Waals surface area contributed by atoms with Crippen LogP contribution in [-0.2, 0) is 19.6 Å². The summed E-state index contributed by atoms with van der Waals surface area (Å²) in [6.45, 7) is 7.06. The van der Waals surface area contributed by atoms with Crippen LogP contribution in [0.25, 0.3) is 0 Å². The standard InChI is InChI=1S/C15H22N6.HI/c1-3-16-15(17-10-13-8-6-5-7-9-13)18-11-14-20-19-12-21(14)4-2;/h5-9,12H,3-4,10-11H2,1-2H3,(H2,16,17,18);1H. The minimum Gasteiger partial charge on any atom is -0.357 e. The van der Waals surface area contributed by atoms with E-state index in [1.54, 1.807) is 6.33 Å². The van der Waals surface area contributed by atoms with Gasteiger partial charge in [0.25, 0.3) is 0 Å². The zero-order valence-electron chi connectivity index (χ0n) is 13.0. The summed E-state index contributed by atoms with van der Waals surface area (Å²) in [6.07, 6.45) is 1.74.